The largest absolute Gasteiger partial charge is 0.508 e. The fraction of sp³-hybridized carbons (Fsp3) is 0.600. The van der Waals surface area contributed by atoms with Crippen LogP contribution in [-0.2, 0) is 21.7 Å². The molecule has 2 N–H and O–H groups in total. The highest BCUT2D eigenvalue weighted by atomic mass is 16.3. The molecule has 0 unspecified atom stereocenters. The Balaban J connectivity index is 3.13. The summed E-state index contributed by atoms with van der Waals surface area (Å²) in [5.41, 5.74) is 6.24. The van der Waals surface area contributed by atoms with E-state index < -0.39 is 0 Å². The summed E-state index contributed by atoms with van der Waals surface area (Å²) < 4.78 is 0. The van der Waals surface area contributed by atoms with Crippen LogP contribution in [0.5, 0.6) is 11.5 Å². The monoisotopic (exact) mass is 438 g/mol. The van der Waals surface area contributed by atoms with E-state index in [9.17, 15) is 10.2 Å². The molecule has 2 aromatic rings. The molecule has 0 aliphatic carbocycles. The minimum Gasteiger partial charge on any atom is -0.508 e. The number of benzene rings is 2. The molecule has 0 fully saturated rings. The van der Waals surface area contributed by atoms with Crippen molar-refractivity contribution in [2.45, 2.75) is 118 Å². The first-order valence-electron chi connectivity index (χ1n) is 11.9. The van der Waals surface area contributed by atoms with Crippen LogP contribution in [0.25, 0.3) is 0 Å². The summed E-state index contributed by atoms with van der Waals surface area (Å²) >= 11 is 0. The van der Waals surface area contributed by atoms with Crippen molar-refractivity contribution in [1.29, 1.82) is 0 Å². The van der Waals surface area contributed by atoms with E-state index in [4.69, 9.17) is 0 Å². The molecule has 0 radical (unpaired) electrons. The van der Waals surface area contributed by atoms with Crippen LogP contribution < -0.4 is 0 Å². The maximum atomic E-state index is 11.1. The maximum absolute atomic E-state index is 11.1. The number of hydrogen-bond donors (Lipinski definition) is 2. The molecule has 32 heavy (non-hydrogen) atoms. The SMILES string of the molecule is CC(c1c(C(C)(C)C)ccc(O)c1C(C)(C)C)c1c(C(C)(C)C)ccc(O)c1C(C)(C)C. The molecular formula is C30H46O2. The van der Waals surface area contributed by atoms with Gasteiger partial charge >= 0.3 is 0 Å². The van der Waals surface area contributed by atoms with Gasteiger partial charge in [0.2, 0.25) is 0 Å². The van der Waals surface area contributed by atoms with E-state index >= 15 is 0 Å². The molecule has 0 aliphatic heterocycles. The highest BCUT2D eigenvalue weighted by molar-refractivity contribution is 5.59. The van der Waals surface area contributed by atoms with Crippen LogP contribution in [-0.4, -0.2) is 10.2 Å². The Morgan fingerprint density at radius 1 is 0.500 bits per heavy atom. The van der Waals surface area contributed by atoms with E-state index in [1.165, 1.54) is 22.3 Å². The lowest BCUT2D eigenvalue weighted by molar-refractivity contribution is 0.435. The Labute approximate surface area is 197 Å². The lowest BCUT2D eigenvalue weighted by Gasteiger charge is -2.38. The number of rotatable bonds is 2. The molecule has 0 amide bonds. The zero-order chi connectivity index (χ0) is 25.0. The smallest absolute Gasteiger partial charge is 0.119 e. The van der Waals surface area contributed by atoms with Crippen molar-refractivity contribution in [2.24, 2.45) is 0 Å². The molecule has 0 heterocycles. The molecule has 0 aromatic heterocycles. The lowest BCUT2D eigenvalue weighted by Crippen LogP contribution is -2.27. The van der Waals surface area contributed by atoms with E-state index in [0.717, 1.165) is 11.1 Å². The van der Waals surface area contributed by atoms with Crippen LogP contribution in [0, 0.1) is 0 Å². The molecule has 0 spiro atoms. The van der Waals surface area contributed by atoms with Crippen LogP contribution in [0.15, 0.2) is 24.3 Å². The number of hydrogen-bond acceptors (Lipinski definition) is 2. The van der Waals surface area contributed by atoms with Gasteiger partial charge in [0.25, 0.3) is 0 Å². The Morgan fingerprint density at radius 2 is 0.781 bits per heavy atom. The molecular weight excluding hydrogens is 392 g/mol. The van der Waals surface area contributed by atoms with E-state index in [1.807, 2.05) is 12.1 Å². The van der Waals surface area contributed by atoms with Crippen molar-refractivity contribution in [3.05, 3.63) is 57.6 Å². The van der Waals surface area contributed by atoms with Crippen LogP contribution in [0.3, 0.4) is 0 Å². The van der Waals surface area contributed by atoms with Crippen molar-refractivity contribution >= 4 is 0 Å². The average molecular weight is 439 g/mol. The molecule has 0 bridgehead atoms. The van der Waals surface area contributed by atoms with Crippen molar-refractivity contribution in [1.82, 2.24) is 0 Å². The average Bonchev–Trinajstić information content (AvgIpc) is 2.55. The third-order valence-electron chi connectivity index (χ3n) is 6.43. The second-order valence-corrected chi connectivity index (χ2v) is 13.6. The zero-order valence-electron chi connectivity index (χ0n) is 22.8. The van der Waals surface area contributed by atoms with Gasteiger partial charge in [0.15, 0.2) is 0 Å². The van der Waals surface area contributed by atoms with Crippen LogP contribution in [0.1, 0.15) is 129 Å². The van der Waals surface area contributed by atoms with Crippen molar-refractivity contribution < 1.29 is 10.2 Å². The van der Waals surface area contributed by atoms with Crippen molar-refractivity contribution in [2.75, 3.05) is 0 Å². The minimum atomic E-state index is -0.227. The molecule has 2 nitrogen and oxygen atoms in total. The molecule has 0 atom stereocenters. The molecule has 0 aliphatic rings. The molecule has 2 rings (SSSR count). The normalized spacial score (nSPS) is 13.7. The molecule has 2 heteroatoms. The summed E-state index contributed by atoms with van der Waals surface area (Å²) in [6, 6.07) is 7.89. The molecule has 178 valence electrons. The van der Waals surface area contributed by atoms with E-state index in [-0.39, 0.29) is 27.6 Å². The Bertz CT molecular complexity index is 902. The van der Waals surface area contributed by atoms with Gasteiger partial charge in [-0.15, -0.1) is 0 Å². The highest BCUT2D eigenvalue weighted by Crippen LogP contribution is 2.49. The quantitative estimate of drug-likeness (QED) is 0.494. The van der Waals surface area contributed by atoms with E-state index in [2.05, 4.69) is 102 Å². The Morgan fingerprint density at radius 3 is 1.00 bits per heavy atom. The number of phenols is 2. The standard InChI is InChI=1S/C30H46O2/c1-18(23-19(27(2,3)4)14-16-21(31)25(23)29(8,9)10)24-20(28(5,6)7)15-17-22(32)26(24)30(11,12)13/h14-18,31-32H,1-13H3. The van der Waals surface area contributed by atoms with Crippen molar-refractivity contribution in [3.63, 3.8) is 0 Å². The van der Waals surface area contributed by atoms with Gasteiger partial charge in [-0.2, -0.15) is 0 Å². The predicted octanol–water partition coefficient (Wildman–Crippen LogP) is 8.44. The summed E-state index contributed by atoms with van der Waals surface area (Å²) in [5, 5.41) is 22.2. The Hall–Kier alpha value is -1.96. The second-order valence-electron chi connectivity index (χ2n) is 13.6. The summed E-state index contributed by atoms with van der Waals surface area (Å²) in [4.78, 5) is 0. The summed E-state index contributed by atoms with van der Waals surface area (Å²) in [7, 11) is 0. The minimum absolute atomic E-state index is 0.00102. The first-order chi connectivity index (χ1) is 14.2. The van der Waals surface area contributed by atoms with Gasteiger partial charge in [0.05, 0.1) is 0 Å². The fourth-order valence-electron chi connectivity index (χ4n) is 5.14. The Kier molecular flexibility index (Phi) is 6.67. The van der Waals surface area contributed by atoms with Gasteiger partial charge < -0.3 is 10.2 Å². The van der Waals surface area contributed by atoms with Gasteiger partial charge in [-0.05, 0) is 56.0 Å². The lowest BCUT2D eigenvalue weighted by atomic mass is 9.67. The van der Waals surface area contributed by atoms with Gasteiger partial charge in [0, 0.05) is 17.0 Å². The van der Waals surface area contributed by atoms with Crippen molar-refractivity contribution in [3.8, 4) is 11.5 Å². The number of aromatic hydroxyl groups is 2. The van der Waals surface area contributed by atoms with Gasteiger partial charge in [0.1, 0.15) is 11.5 Å². The third-order valence-corrected chi connectivity index (χ3v) is 6.43. The van der Waals surface area contributed by atoms with Crippen LogP contribution >= 0.6 is 0 Å². The highest BCUT2D eigenvalue weighted by Gasteiger charge is 2.36. The van der Waals surface area contributed by atoms with Crippen LogP contribution in [0.2, 0.25) is 0 Å². The summed E-state index contributed by atoms with van der Waals surface area (Å²) in [6.07, 6.45) is 0. The van der Waals surface area contributed by atoms with Gasteiger partial charge in [-0.1, -0.05) is 102 Å². The summed E-state index contributed by atoms with van der Waals surface area (Å²) in [6.45, 7) is 28.7. The fourth-order valence-corrected chi connectivity index (χ4v) is 5.14. The third kappa shape index (κ3) is 5.00. The summed E-state index contributed by atoms with van der Waals surface area (Å²) in [5.74, 6) is 0.699. The molecule has 2 aromatic carbocycles. The molecule has 0 saturated heterocycles. The van der Waals surface area contributed by atoms with E-state index in [0.29, 0.717) is 11.5 Å². The van der Waals surface area contributed by atoms with E-state index in [1.54, 1.807) is 0 Å². The first-order valence-corrected chi connectivity index (χ1v) is 11.9. The first kappa shape index (κ1) is 26.3. The van der Waals surface area contributed by atoms with Crippen LogP contribution in [0.4, 0.5) is 0 Å². The molecule has 0 saturated carbocycles. The van der Waals surface area contributed by atoms with Gasteiger partial charge in [-0.25, -0.2) is 0 Å². The topological polar surface area (TPSA) is 40.5 Å². The van der Waals surface area contributed by atoms with Gasteiger partial charge in [-0.3, -0.25) is 0 Å². The predicted molar refractivity (Wildman–Crippen MR) is 139 cm³/mol. The second kappa shape index (κ2) is 8.12. The zero-order valence-corrected chi connectivity index (χ0v) is 22.8. The number of phenolic OH excluding ortho intramolecular Hbond substituents is 2. The maximum Gasteiger partial charge on any atom is 0.119 e.